The van der Waals surface area contributed by atoms with Crippen LogP contribution in [0.2, 0.25) is 0 Å². The van der Waals surface area contributed by atoms with Crippen molar-refractivity contribution in [3.8, 4) is 0 Å². The second-order valence-electron chi connectivity index (χ2n) is 5.65. The minimum absolute atomic E-state index is 0.474. The highest BCUT2D eigenvalue weighted by atomic mass is 15.2. The van der Waals surface area contributed by atoms with Gasteiger partial charge in [0.05, 0.1) is 6.17 Å². The van der Waals surface area contributed by atoms with Crippen molar-refractivity contribution < 1.29 is 0 Å². The van der Waals surface area contributed by atoms with Crippen LogP contribution in [-0.4, -0.2) is 30.7 Å². The molecule has 0 fully saturated rings. The van der Waals surface area contributed by atoms with Gasteiger partial charge in [0, 0.05) is 6.04 Å². The van der Waals surface area contributed by atoms with E-state index in [2.05, 4.69) is 58.8 Å². The Hall–Kier alpha value is -0.0800. The van der Waals surface area contributed by atoms with Gasteiger partial charge in [-0.25, -0.2) is 0 Å². The predicted molar refractivity (Wildman–Crippen MR) is 73.6 cm³/mol. The molecule has 0 aromatic carbocycles. The van der Waals surface area contributed by atoms with Gasteiger partial charge in [-0.2, -0.15) is 0 Å². The van der Waals surface area contributed by atoms with Gasteiger partial charge in [0.1, 0.15) is 0 Å². The summed E-state index contributed by atoms with van der Waals surface area (Å²) in [5, 5.41) is 3.68. The topological polar surface area (TPSA) is 15.3 Å². The molecule has 16 heavy (non-hydrogen) atoms. The van der Waals surface area contributed by atoms with Crippen LogP contribution in [-0.2, 0) is 0 Å². The minimum atomic E-state index is 0.474. The molecule has 98 valence electrons. The van der Waals surface area contributed by atoms with Crippen molar-refractivity contribution in [1.82, 2.24) is 10.2 Å². The van der Waals surface area contributed by atoms with E-state index in [1.807, 2.05) is 0 Å². The first-order valence-electron chi connectivity index (χ1n) is 6.84. The van der Waals surface area contributed by atoms with E-state index in [4.69, 9.17) is 0 Å². The Balaban J connectivity index is 3.90. The molecule has 2 heteroatoms. The molecule has 2 nitrogen and oxygen atoms in total. The molecule has 0 aromatic heterocycles. The molecule has 0 bridgehead atoms. The molecule has 1 N–H and O–H groups in total. The van der Waals surface area contributed by atoms with Crippen molar-refractivity contribution in [3.05, 3.63) is 0 Å². The number of nitrogens with one attached hydrogen (secondary N) is 1. The van der Waals surface area contributed by atoms with Crippen molar-refractivity contribution in [2.75, 3.05) is 13.6 Å². The smallest absolute Gasteiger partial charge is 0.0567 e. The minimum Gasteiger partial charge on any atom is -0.299 e. The van der Waals surface area contributed by atoms with E-state index < -0.39 is 0 Å². The van der Waals surface area contributed by atoms with Crippen LogP contribution in [0.3, 0.4) is 0 Å². The summed E-state index contributed by atoms with van der Waals surface area (Å²) in [6.45, 7) is 14.8. The lowest BCUT2D eigenvalue weighted by atomic mass is 9.94. The Morgan fingerprint density at radius 2 is 1.56 bits per heavy atom. The van der Waals surface area contributed by atoms with Crippen LogP contribution in [0.5, 0.6) is 0 Å². The third-order valence-electron chi connectivity index (χ3n) is 3.72. The first-order valence-corrected chi connectivity index (χ1v) is 6.84. The Labute approximate surface area is 103 Å². The summed E-state index contributed by atoms with van der Waals surface area (Å²) in [6.07, 6.45) is 3.14. The highest BCUT2D eigenvalue weighted by molar-refractivity contribution is 4.72. The second kappa shape index (κ2) is 8.08. The molecule has 0 spiro atoms. The van der Waals surface area contributed by atoms with Gasteiger partial charge in [0.25, 0.3) is 0 Å². The summed E-state index contributed by atoms with van der Waals surface area (Å²) in [5.41, 5.74) is 0. The fraction of sp³-hybridized carbons (Fsp3) is 1.00. The molecule has 0 saturated carbocycles. The van der Waals surface area contributed by atoms with E-state index in [1.165, 1.54) is 12.8 Å². The molecule has 3 unspecified atom stereocenters. The highest BCUT2D eigenvalue weighted by Crippen LogP contribution is 2.15. The van der Waals surface area contributed by atoms with Crippen LogP contribution in [0.15, 0.2) is 0 Å². The van der Waals surface area contributed by atoms with Gasteiger partial charge in [0.2, 0.25) is 0 Å². The lowest BCUT2D eigenvalue weighted by molar-refractivity contribution is 0.194. The fourth-order valence-corrected chi connectivity index (χ4v) is 1.79. The van der Waals surface area contributed by atoms with Gasteiger partial charge in [-0.1, -0.05) is 34.1 Å². The van der Waals surface area contributed by atoms with Crippen molar-refractivity contribution in [3.63, 3.8) is 0 Å². The van der Waals surface area contributed by atoms with E-state index in [0.29, 0.717) is 12.2 Å². The third-order valence-corrected chi connectivity index (χ3v) is 3.72. The molecular weight excluding hydrogens is 196 g/mol. The van der Waals surface area contributed by atoms with Crippen molar-refractivity contribution >= 4 is 0 Å². The number of hydrogen-bond donors (Lipinski definition) is 1. The molecule has 0 amide bonds. The Morgan fingerprint density at radius 1 is 1.00 bits per heavy atom. The maximum Gasteiger partial charge on any atom is 0.0567 e. The standard InChI is InChI=1S/C14H32N2/c1-8-16(7)14(6)15-13(5)12(4)10-9-11(2)3/h11-15H,8-10H2,1-7H3. The van der Waals surface area contributed by atoms with E-state index in [0.717, 1.165) is 18.4 Å². The Morgan fingerprint density at radius 3 is 2.00 bits per heavy atom. The number of hydrogen-bond acceptors (Lipinski definition) is 2. The van der Waals surface area contributed by atoms with Crippen molar-refractivity contribution in [1.29, 1.82) is 0 Å². The maximum absolute atomic E-state index is 3.68. The van der Waals surface area contributed by atoms with E-state index in [1.54, 1.807) is 0 Å². The molecule has 0 rings (SSSR count). The molecule has 0 aliphatic carbocycles. The summed E-state index contributed by atoms with van der Waals surface area (Å²) in [7, 11) is 2.17. The maximum atomic E-state index is 3.68. The zero-order valence-corrected chi connectivity index (χ0v) is 12.4. The van der Waals surface area contributed by atoms with E-state index in [-0.39, 0.29) is 0 Å². The summed E-state index contributed by atoms with van der Waals surface area (Å²) in [4.78, 5) is 2.34. The normalized spacial score (nSPS) is 17.8. The number of nitrogens with zero attached hydrogens (tertiary/aromatic N) is 1. The SMILES string of the molecule is CCN(C)C(C)NC(C)C(C)CCC(C)C. The zero-order chi connectivity index (χ0) is 12.7. The van der Waals surface area contributed by atoms with Crippen LogP contribution in [0.1, 0.15) is 54.4 Å². The van der Waals surface area contributed by atoms with Gasteiger partial charge >= 0.3 is 0 Å². The summed E-state index contributed by atoms with van der Waals surface area (Å²) < 4.78 is 0. The molecular formula is C14H32N2. The van der Waals surface area contributed by atoms with E-state index >= 15 is 0 Å². The lowest BCUT2D eigenvalue weighted by Crippen LogP contribution is -2.47. The Kier molecular flexibility index (Phi) is 8.04. The van der Waals surface area contributed by atoms with Gasteiger partial charge in [0.15, 0.2) is 0 Å². The number of rotatable bonds is 8. The highest BCUT2D eigenvalue weighted by Gasteiger charge is 2.16. The Bertz CT molecular complexity index is 168. The van der Waals surface area contributed by atoms with Crippen molar-refractivity contribution in [2.45, 2.75) is 66.6 Å². The quantitative estimate of drug-likeness (QED) is 0.641. The van der Waals surface area contributed by atoms with Gasteiger partial charge < -0.3 is 0 Å². The van der Waals surface area contributed by atoms with Gasteiger partial charge in [-0.15, -0.1) is 0 Å². The molecule has 0 aromatic rings. The fourth-order valence-electron chi connectivity index (χ4n) is 1.79. The molecule has 0 aliphatic rings. The first kappa shape index (κ1) is 15.9. The molecule has 0 saturated heterocycles. The summed E-state index contributed by atoms with van der Waals surface area (Å²) in [5.74, 6) is 1.58. The van der Waals surface area contributed by atoms with Crippen molar-refractivity contribution in [2.24, 2.45) is 11.8 Å². The summed E-state index contributed by atoms with van der Waals surface area (Å²) >= 11 is 0. The first-order chi connectivity index (χ1) is 7.38. The average molecular weight is 228 g/mol. The van der Waals surface area contributed by atoms with Crippen LogP contribution in [0.4, 0.5) is 0 Å². The molecule has 0 radical (unpaired) electrons. The van der Waals surface area contributed by atoms with Gasteiger partial charge in [-0.05, 0) is 45.7 Å². The van der Waals surface area contributed by atoms with Crippen LogP contribution in [0, 0.1) is 11.8 Å². The monoisotopic (exact) mass is 228 g/mol. The second-order valence-corrected chi connectivity index (χ2v) is 5.65. The molecule has 0 heterocycles. The summed E-state index contributed by atoms with van der Waals surface area (Å²) in [6, 6.07) is 0.600. The largest absolute Gasteiger partial charge is 0.299 e. The predicted octanol–water partition coefficient (Wildman–Crippen LogP) is 3.33. The van der Waals surface area contributed by atoms with Crippen LogP contribution >= 0.6 is 0 Å². The lowest BCUT2D eigenvalue weighted by Gasteiger charge is -2.30. The zero-order valence-electron chi connectivity index (χ0n) is 12.4. The van der Waals surface area contributed by atoms with Crippen LogP contribution < -0.4 is 5.32 Å². The van der Waals surface area contributed by atoms with Crippen LogP contribution in [0.25, 0.3) is 0 Å². The molecule has 3 atom stereocenters. The van der Waals surface area contributed by atoms with Gasteiger partial charge in [-0.3, -0.25) is 10.2 Å². The molecule has 0 aliphatic heterocycles. The van der Waals surface area contributed by atoms with E-state index in [9.17, 15) is 0 Å². The average Bonchev–Trinajstić information content (AvgIpc) is 2.24. The third kappa shape index (κ3) is 6.49.